The fraction of sp³-hybridized carbons (Fsp3) is 0.462. The van der Waals surface area contributed by atoms with E-state index in [1.807, 2.05) is 37.3 Å². The summed E-state index contributed by atoms with van der Waals surface area (Å²) >= 11 is 4.93. The second kappa shape index (κ2) is 10.3. The number of rotatable bonds is 6. The van der Waals surface area contributed by atoms with E-state index in [1.54, 1.807) is 17.0 Å². The quantitative estimate of drug-likeness (QED) is 0.335. The molecular weight excluding hydrogens is 582 g/mol. The van der Waals surface area contributed by atoms with Crippen LogP contribution in [0.3, 0.4) is 0 Å². The Morgan fingerprint density at radius 3 is 2.62 bits per heavy atom. The number of carbonyl (C=O) groups is 1. The van der Waals surface area contributed by atoms with E-state index in [0.717, 1.165) is 25.3 Å². The van der Waals surface area contributed by atoms with Crippen LogP contribution in [-0.2, 0) is 21.3 Å². The lowest BCUT2D eigenvalue weighted by Gasteiger charge is -2.39. The molecule has 198 valence electrons. The molecule has 1 saturated carbocycles. The van der Waals surface area contributed by atoms with Gasteiger partial charge in [-0.05, 0) is 78.4 Å². The van der Waals surface area contributed by atoms with Crippen LogP contribution in [0.4, 0.5) is 8.78 Å². The van der Waals surface area contributed by atoms with Gasteiger partial charge < -0.3 is 4.90 Å². The average molecular weight is 612 g/mol. The van der Waals surface area contributed by atoms with Crippen LogP contribution in [0.5, 0.6) is 0 Å². The number of hydrogen-bond acceptors (Lipinski definition) is 5. The van der Waals surface area contributed by atoms with Crippen LogP contribution in [0.15, 0.2) is 51.3 Å². The van der Waals surface area contributed by atoms with Crippen LogP contribution < -0.4 is 0 Å². The topological polar surface area (TPSA) is 77.4 Å². The Kier molecular flexibility index (Phi) is 7.43. The molecule has 1 aliphatic heterocycles. The first-order valence-corrected chi connectivity index (χ1v) is 15.5. The molecule has 2 aromatic carbocycles. The minimum absolute atomic E-state index is 0.212. The lowest BCUT2D eigenvalue weighted by molar-refractivity contribution is -0.141. The summed E-state index contributed by atoms with van der Waals surface area (Å²) in [5.74, 6) is -2.95. The molecule has 2 atom stereocenters. The van der Waals surface area contributed by atoms with Crippen molar-refractivity contribution in [1.29, 1.82) is 4.78 Å². The zero-order valence-corrected chi connectivity index (χ0v) is 23.7. The summed E-state index contributed by atoms with van der Waals surface area (Å²) in [5.41, 5.74) is 2.68. The van der Waals surface area contributed by atoms with Crippen LogP contribution in [0.1, 0.15) is 49.7 Å². The fourth-order valence-corrected chi connectivity index (χ4v) is 8.41. The van der Waals surface area contributed by atoms with Crippen molar-refractivity contribution in [3.05, 3.63) is 57.5 Å². The molecule has 1 aromatic heterocycles. The summed E-state index contributed by atoms with van der Waals surface area (Å²) in [6, 6.07) is 11.8. The molecular formula is C26H29BrF2N4O2S2. The Bertz CT molecular complexity index is 1400. The van der Waals surface area contributed by atoms with E-state index in [4.69, 9.17) is 4.78 Å². The first kappa shape index (κ1) is 26.6. The van der Waals surface area contributed by atoms with Gasteiger partial charge in [0, 0.05) is 32.0 Å². The number of carbonyl (C=O) groups excluding carboxylic acids is 1. The van der Waals surface area contributed by atoms with Crippen molar-refractivity contribution < 1.29 is 17.8 Å². The number of alkyl halides is 2. The Hall–Kier alpha value is -1.95. The number of benzene rings is 2. The van der Waals surface area contributed by atoms with Crippen LogP contribution >= 0.6 is 27.3 Å². The standard InChI is InChI=1S/C26H29BrF2N4O2S2/c1-17-4-7-20(8-5-17)37(30,35)33-14-2-3-22(33)24(34)32(19-10-12-26(28,29)13-11-19)16-18-6-9-23-21(15-18)31-25(27)36-23/h4-9,15,19,22,30H,2-3,10-14,16H2,1H3/t22-,37+/m0/s1. The van der Waals surface area contributed by atoms with E-state index in [9.17, 15) is 17.8 Å². The van der Waals surface area contributed by atoms with Crippen molar-refractivity contribution in [2.24, 2.45) is 0 Å². The van der Waals surface area contributed by atoms with Crippen molar-refractivity contribution in [1.82, 2.24) is 14.2 Å². The molecule has 11 heteroatoms. The van der Waals surface area contributed by atoms with Gasteiger partial charge in [0.15, 0.2) is 3.92 Å². The number of nitrogens with zero attached hydrogens (tertiary/aromatic N) is 3. The van der Waals surface area contributed by atoms with Gasteiger partial charge in [-0.15, -0.1) is 11.3 Å². The van der Waals surface area contributed by atoms with Crippen LogP contribution in [0.2, 0.25) is 0 Å². The maximum Gasteiger partial charge on any atom is 0.248 e. The minimum atomic E-state index is -3.38. The number of hydrogen-bond donors (Lipinski definition) is 1. The first-order valence-electron chi connectivity index (χ1n) is 12.4. The predicted octanol–water partition coefficient (Wildman–Crippen LogP) is 6.76. The maximum absolute atomic E-state index is 14.1. The van der Waals surface area contributed by atoms with Gasteiger partial charge in [-0.2, -0.15) is 0 Å². The molecule has 3 aromatic rings. The summed E-state index contributed by atoms with van der Waals surface area (Å²) < 4.78 is 53.8. The summed E-state index contributed by atoms with van der Waals surface area (Å²) in [5, 5.41) is 0. The van der Waals surface area contributed by atoms with E-state index >= 15 is 0 Å². The number of thiazole rings is 1. The summed E-state index contributed by atoms with van der Waals surface area (Å²) in [7, 11) is -3.38. The smallest absolute Gasteiger partial charge is 0.248 e. The highest BCUT2D eigenvalue weighted by Crippen LogP contribution is 2.37. The van der Waals surface area contributed by atoms with Gasteiger partial charge >= 0.3 is 0 Å². The lowest BCUT2D eigenvalue weighted by atomic mass is 9.90. The van der Waals surface area contributed by atoms with Crippen LogP contribution in [0, 0.1) is 11.7 Å². The molecule has 0 bridgehead atoms. The van der Waals surface area contributed by atoms with E-state index < -0.39 is 21.9 Å². The maximum atomic E-state index is 14.1. The van der Waals surface area contributed by atoms with Crippen molar-refractivity contribution >= 4 is 53.3 Å². The second-order valence-corrected chi connectivity index (χ2v) is 14.3. The van der Waals surface area contributed by atoms with Gasteiger partial charge in [0.25, 0.3) is 0 Å². The molecule has 0 unspecified atom stereocenters. The van der Waals surface area contributed by atoms with Crippen LogP contribution in [0.25, 0.3) is 10.2 Å². The molecule has 37 heavy (non-hydrogen) atoms. The number of aryl methyl sites for hydroxylation is 1. The number of amides is 1. The molecule has 2 heterocycles. The van der Waals surface area contributed by atoms with Gasteiger partial charge in [-0.3, -0.25) is 4.79 Å². The van der Waals surface area contributed by atoms with E-state index in [1.165, 1.54) is 15.6 Å². The zero-order valence-electron chi connectivity index (χ0n) is 20.5. The molecule has 1 amide bonds. The highest BCUT2D eigenvalue weighted by atomic mass is 79.9. The molecule has 0 radical (unpaired) electrons. The Balaban J connectivity index is 1.45. The first-order chi connectivity index (χ1) is 17.5. The summed E-state index contributed by atoms with van der Waals surface area (Å²) in [6.45, 7) is 2.56. The SMILES string of the molecule is Cc1ccc([S@](=N)(=O)N2CCC[C@H]2C(=O)N(Cc2ccc3sc(Br)nc3c2)C2CCC(F)(F)CC2)cc1. The number of nitrogens with one attached hydrogen (secondary N) is 1. The highest BCUT2D eigenvalue weighted by Gasteiger charge is 2.43. The number of aromatic nitrogens is 1. The number of halogens is 3. The number of fused-ring (bicyclic) bond motifs is 1. The largest absolute Gasteiger partial charge is 0.334 e. The molecule has 2 aliphatic rings. The average Bonchev–Trinajstić information content (AvgIpc) is 3.49. The normalized spacial score (nSPS) is 22.2. The van der Waals surface area contributed by atoms with Gasteiger partial charge in [0.2, 0.25) is 11.8 Å². The molecule has 6 nitrogen and oxygen atoms in total. The predicted molar refractivity (Wildman–Crippen MR) is 145 cm³/mol. The summed E-state index contributed by atoms with van der Waals surface area (Å²) in [4.78, 5) is 20.6. The molecule has 1 saturated heterocycles. The van der Waals surface area contributed by atoms with Gasteiger partial charge in [0.05, 0.1) is 15.1 Å². The molecule has 1 N–H and O–H groups in total. The van der Waals surface area contributed by atoms with E-state index in [-0.39, 0.29) is 44.2 Å². The van der Waals surface area contributed by atoms with E-state index in [2.05, 4.69) is 20.9 Å². The van der Waals surface area contributed by atoms with Crippen LogP contribution in [-0.4, -0.2) is 48.9 Å². The third kappa shape index (κ3) is 5.60. The fourth-order valence-electron chi connectivity index (χ4n) is 5.31. The van der Waals surface area contributed by atoms with Gasteiger partial charge in [-0.1, -0.05) is 23.8 Å². The Morgan fingerprint density at radius 2 is 1.92 bits per heavy atom. The minimum Gasteiger partial charge on any atom is -0.334 e. The van der Waals surface area contributed by atoms with Crippen molar-refractivity contribution in [2.45, 2.75) is 74.9 Å². The van der Waals surface area contributed by atoms with Gasteiger partial charge in [-0.25, -0.2) is 27.1 Å². The molecule has 0 spiro atoms. The second-order valence-electron chi connectivity index (χ2n) is 9.96. The lowest BCUT2D eigenvalue weighted by Crippen LogP contribution is -2.51. The highest BCUT2D eigenvalue weighted by molar-refractivity contribution is 9.11. The van der Waals surface area contributed by atoms with Crippen molar-refractivity contribution in [3.63, 3.8) is 0 Å². The monoisotopic (exact) mass is 610 g/mol. The zero-order chi connectivity index (χ0) is 26.4. The third-order valence-corrected chi connectivity index (χ3v) is 10.8. The molecule has 1 aliphatic carbocycles. The summed E-state index contributed by atoms with van der Waals surface area (Å²) in [6.07, 6.45) is 1.04. The Labute approximate surface area is 228 Å². The van der Waals surface area contributed by atoms with Gasteiger partial charge in [0.1, 0.15) is 16.0 Å². The molecule has 2 fully saturated rings. The van der Waals surface area contributed by atoms with E-state index in [0.29, 0.717) is 24.3 Å². The van der Waals surface area contributed by atoms with Crippen molar-refractivity contribution in [2.75, 3.05) is 6.54 Å². The Morgan fingerprint density at radius 1 is 1.22 bits per heavy atom. The van der Waals surface area contributed by atoms with Crippen molar-refractivity contribution in [3.8, 4) is 0 Å². The third-order valence-electron chi connectivity index (χ3n) is 7.35. The molecule has 5 rings (SSSR count).